The Morgan fingerprint density at radius 1 is 1.06 bits per heavy atom. The zero-order valence-corrected chi connectivity index (χ0v) is 18.2. The molecular formula is C20H21ClF3N3O3S. The van der Waals surface area contributed by atoms with Gasteiger partial charge in [-0.3, -0.25) is 0 Å². The van der Waals surface area contributed by atoms with Crippen molar-refractivity contribution in [2.24, 2.45) is 0 Å². The quantitative estimate of drug-likeness (QED) is 0.705. The van der Waals surface area contributed by atoms with Gasteiger partial charge in [-0.1, -0.05) is 23.7 Å². The molecular weight excluding hydrogens is 455 g/mol. The van der Waals surface area contributed by atoms with Crippen molar-refractivity contribution in [3.63, 3.8) is 0 Å². The van der Waals surface area contributed by atoms with E-state index in [-0.39, 0.29) is 25.2 Å². The summed E-state index contributed by atoms with van der Waals surface area (Å²) in [5, 5.41) is 3.17. The van der Waals surface area contributed by atoms with Crippen LogP contribution in [0.5, 0.6) is 0 Å². The lowest BCUT2D eigenvalue weighted by molar-refractivity contribution is -0.138. The van der Waals surface area contributed by atoms with Crippen molar-refractivity contribution >= 4 is 33.3 Å². The van der Waals surface area contributed by atoms with Gasteiger partial charge in [-0.05, 0) is 49.2 Å². The molecule has 2 aromatic carbocycles. The van der Waals surface area contributed by atoms with Crippen LogP contribution < -0.4 is 5.32 Å². The second-order valence-corrected chi connectivity index (χ2v) is 9.53. The van der Waals surface area contributed by atoms with E-state index in [1.165, 1.54) is 17.9 Å². The number of amides is 2. The molecule has 2 aromatic rings. The van der Waals surface area contributed by atoms with Gasteiger partial charge >= 0.3 is 12.2 Å². The van der Waals surface area contributed by atoms with E-state index in [4.69, 9.17) is 11.6 Å². The summed E-state index contributed by atoms with van der Waals surface area (Å²) in [6.45, 7) is 1.75. The van der Waals surface area contributed by atoms with Crippen LogP contribution in [0.2, 0.25) is 5.02 Å². The molecule has 2 amide bonds. The fourth-order valence-electron chi connectivity index (χ4n) is 3.32. The molecule has 31 heavy (non-hydrogen) atoms. The lowest BCUT2D eigenvalue weighted by Crippen LogP contribution is -2.39. The third-order valence-corrected chi connectivity index (χ3v) is 7.10. The highest BCUT2D eigenvalue weighted by Crippen LogP contribution is 2.34. The molecule has 0 spiro atoms. The van der Waals surface area contributed by atoms with E-state index in [0.717, 1.165) is 10.4 Å². The Labute approximate surface area is 183 Å². The number of anilines is 1. The van der Waals surface area contributed by atoms with E-state index in [1.807, 2.05) is 0 Å². The molecule has 1 saturated heterocycles. The van der Waals surface area contributed by atoms with Crippen LogP contribution in [0.1, 0.15) is 17.5 Å². The van der Waals surface area contributed by atoms with Crippen LogP contribution in [0.15, 0.2) is 47.4 Å². The smallest absolute Gasteiger partial charge is 0.323 e. The number of carbonyl (C=O) groups excluding carboxylic acids is 1. The second-order valence-electron chi connectivity index (χ2n) is 7.16. The normalized spacial score (nSPS) is 16.1. The number of alkyl halides is 3. The molecule has 0 aromatic heterocycles. The minimum absolute atomic E-state index is 0.0273. The summed E-state index contributed by atoms with van der Waals surface area (Å²) >= 11 is 5.91. The molecule has 0 radical (unpaired) electrons. The van der Waals surface area contributed by atoms with Gasteiger partial charge in [-0.2, -0.15) is 17.5 Å². The first-order valence-corrected chi connectivity index (χ1v) is 11.3. The molecule has 168 valence electrons. The molecule has 1 aliphatic heterocycles. The number of aryl methyl sites for hydroxylation is 1. The summed E-state index contributed by atoms with van der Waals surface area (Å²) in [5.41, 5.74) is -0.525. The standard InChI is InChI=1S/C20H21ClF3N3O3S/c1-14-6-7-17(13-18(14)20(22,23)24)31(29,30)27-9-3-8-26(10-11-27)19(28)25-16-5-2-4-15(21)12-16/h2,4-7,12-13H,3,8-11H2,1H3,(H,25,28). The Kier molecular flexibility index (Phi) is 6.82. The average Bonchev–Trinajstić information content (AvgIpc) is 2.94. The van der Waals surface area contributed by atoms with Crippen molar-refractivity contribution < 1.29 is 26.4 Å². The SMILES string of the molecule is Cc1ccc(S(=O)(=O)N2CCCN(C(=O)Nc3cccc(Cl)c3)CC2)cc1C(F)(F)F. The van der Waals surface area contributed by atoms with E-state index >= 15 is 0 Å². The number of sulfonamides is 1. The Morgan fingerprint density at radius 3 is 2.48 bits per heavy atom. The molecule has 0 saturated carbocycles. The number of carbonyl (C=O) groups is 1. The molecule has 11 heteroatoms. The topological polar surface area (TPSA) is 69.7 Å². The Balaban J connectivity index is 1.73. The molecule has 6 nitrogen and oxygen atoms in total. The Bertz CT molecular complexity index is 1080. The number of benzene rings is 2. The number of hydrogen-bond donors (Lipinski definition) is 1. The zero-order chi connectivity index (χ0) is 22.8. The van der Waals surface area contributed by atoms with E-state index < -0.39 is 32.7 Å². The van der Waals surface area contributed by atoms with Crippen molar-refractivity contribution in [1.82, 2.24) is 9.21 Å². The van der Waals surface area contributed by atoms with Crippen molar-refractivity contribution in [3.8, 4) is 0 Å². The lowest BCUT2D eigenvalue weighted by atomic mass is 10.1. The van der Waals surface area contributed by atoms with Gasteiger partial charge in [0.25, 0.3) is 0 Å². The van der Waals surface area contributed by atoms with Crippen molar-refractivity contribution in [3.05, 3.63) is 58.6 Å². The number of urea groups is 1. The molecule has 1 fully saturated rings. The largest absolute Gasteiger partial charge is 0.416 e. The summed E-state index contributed by atoms with van der Waals surface area (Å²) < 4.78 is 66.6. The van der Waals surface area contributed by atoms with Gasteiger partial charge < -0.3 is 10.2 Å². The first-order valence-electron chi connectivity index (χ1n) is 9.48. The van der Waals surface area contributed by atoms with Crippen LogP contribution in [0, 0.1) is 6.92 Å². The highest BCUT2D eigenvalue weighted by atomic mass is 35.5. The average molecular weight is 476 g/mol. The fraction of sp³-hybridized carbons (Fsp3) is 0.350. The predicted molar refractivity (Wildman–Crippen MR) is 112 cm³/mol. The van der Waals surface area contributed by atoms with Gasteiger partial charge in [0.15, 0.2) is 0 Å². The maximum absolute atomic E-state index is 13.2. The minimum atomic E-state index is -4.65. The van der Waals surface area contributed by atoms with Crippen molar-refractivity contribution in [1.29, 1.82) is 0 Å². The maximum Gasteiger partial charge on any atom is 0.416 e. The first-order chi connectivity index (χ1) is 14.5. The molecule has 3 rings (SSSR count). The van der Waals surface area contributed by atoms with Gasteiger partial charge in [0, 0.05) is 36.9 Å². The maximum atomic E-state index is 13.2. The van der Waals surface area contributed by atoms with Gasteiger partial charge in [-0.15, -0.1) is 0 Å². The number of halogens is 4. The number of nitrogens with zero attached hydrogens (tertiary/aromatic N) is 2. The summed E-state index contributed by atoms with van der Waals surface area (Å²) in [4.78, 5) is 13.6. The van der Waals surface area contributed by atoms with Crippen LogP contribution in [0.25, 0.3) is 0 Å². The van der Waals surface area contributed by atoms with Gasteiger partial charge in [0.1, 0.15) is 0 Å². The van der Waals surface area contributed by atoms with Gasteiger partial charge in [0.2, 0.25) is 10.0 Å². The molecule has 1 heterocycles. The van der Waals surface area contributed by atoms with Crippen LogP contribution >= 0.6 is 11.6 Å². The second kappa shape index (κ2) is 9.05. The van der Waals surface area contributed by atoms with Gasteiger partial charge in [0.05, 0.1) is 10.5 Å². The lowest BCUT2D eigenvalue weighted by Gasteiger charge is -2.23. The van der Waals surface area contributed by atoms with E-state index in [9.17, 15) is 26.4 Å². The third kappa shape index (κ3) is 5.50. The van der Waals surface area contributed by atoms with Crippen LogP contribution in [-0.4, -0.2) is 49.8 Å². The van der Waals surface area contributed by atoms with Crippen molar-refractivity contribution in [2.75, 3.05) is 31.5 Å². The molecule has 1 aliphatic rings. The summed E-state index contributed by atoms with van der Waals surface area (Å²) in [7, 11) is -4.14. The zero-order valence-electron chi connectivity index (χ0n) is 16.6. The van der Waals surface area contributed by atoms with Crippen LogP contribution in [0.3, 0.4) is 0 Å². The van der Waals surface area contributed by atoms with Crippen LogP contribution in [-0.2, 0) is 16.2 Å². The van der Waals surface area contributed by atoms with E-state index in [0.29, 0.717) is 29.7 Å². The monoisotopic (exact) mass is 475 g/mol. The van der Waals surface area contributed by atoms with Crippen molar-refractivity contribution in [2.45, 2.75) is 24.4 Å². The highest BCUT2D eigenvalue weighted by molar-refractivity contribution is 7.89. The fourth-order valence-corrected chi connectivity index (χ4v) is 5.01. The number of rotatable bonds is 3. The highest BCUT2D eigenvalue weighted by Gasteiger charge is 2.35. The van der Waals surface area contributed by atoms with E-state index in [2.05, 4.69) is 5.32 Å². The summed E-state index contributed by atoms with van der Waals surface area (Å²) in [6, 6.07) is 9.20. The number of hydrogen-bond acceptors (Lipinski definition) is 3. The Morgan fingerprint density at radius 2 is 1.81 bits per heavy atom. The molecule has 0 bridgehead atoms. The number of nitrogens with one attached hydrogen (secondary N) is 1. The van der Waals surface area contributed by atoms with Gasteiger partial charge in [-0.25, -0.2) is 13.2 Å². The molecule has 0 atom stereocenters. The third-order valence-electron chi connectivity index (χ3n) is 4.97. The Hall–Kier alpha value is -2.30. The molecule has 0 unspecified atom stereocenters. The summed E-state index contributed by atoms with van der Waals surface area (Å²) in [6.07, 6.45) is -4.30. The first kappa shape index (κ1) is 23.4. The molecule has 1 N–H and O–H groups in total. The van der Waals surface area contributed by atoms with Crippen LogP contribution in [0.4, 0.5) is 23.7 Å². The summed E-state index contributed by atoms with van der Waals surface area (Å²) in [5.74, 6) is 0. The predicted octanol–water partition coefficient (Wildman–Crippen LogP) is 4.60. The molecule has 0 aliphatic carbocycles. The van der Waals surface area contributed by atoms with E-state index in [1.54, 1.807) is 24.3 Å². The minimum Gasteiger partial charge on any atom is -0.323 e.